The Kier molecular flexibility index (Phi) is 5.79. The maximum absolute atomic E-state index is 12.2. The van der Waals surface area contributed by atoms with Crippen LogP contribution in [0.15, 0.2) is 30.3 Å². The predicted molar refractivity (Wildman–Crippen MR) is 89.6 cm³/mol. The average molecular weight is 338 g/mol. The number of piperidine rings is 1. The molecule has 1 aliphatic rings. The van der Waals surface area contributed by atoms with Gasteiger partial charge in [-0.2, -0.15) is 0 Å². The number of hydrogen-bond acceptors (Lipinski definition) is 4. The summed E-state index contributed by atoms with van der Waals surface area (Å²) in [4.78, 5) is 13.9. The lowest BCUT2D eigenvalue weighted by molar-refractivity contribution is -0.126. The number of nitrogens with zero attached hydrogens (tertiary/aromatic N) is 1. The van der Waals surface area contributed by atoms with Crippen LogP contribution in [0.3, 0.4) is 0 Å². The maximum Gasteiger partial charge on any atom is 0.246 e. The highest BCUT2D eigenvalue weighted by molar-refractivity contribution is 7.88. The number of ether oxygens (including phenoxy) is 1. The summed E-state index contributed by atoms with van der Waals surface area (Å²) < 4.78 is 30.1. The van der Waals surface area contributed by atoms with Crippen molar-refractivity contribution in [3.8, 4) is 5.75 Å². The minimum Gasteiger partial charge on any atom is -0.497 e. The molecular weight excluding hydrogens is 316 g/mol. The standard InChI is InChI=1S/C16H22N2O4S/c1-22-15-6-3-13(4-7-15)5-8-16(19)18-11-9-14(10-12-18)17-23(2,20)21/h3-8,14,17H,9-12H2,1-2H3/b8-5+. The minimum atomic E-state index is -3.19. The lowest BCUT2D eigenvalue weighted by Gasteiger charge is -2.31. The molecule has 1 aromatic carbocycles. The summed E-state index contributed by atoms with van der Waals surface area (Å²) >= 11 is 0. The van der Waals surface area contributed by atoms with Crippen molar-refractivity contribution in [3.05, 3.63) is 35.9 Å². The number of nitrogens with one attached hydrogen (secondary N) is 1. The third kappa shape index (κ3) is 5.69. The molecule has 2 rings (SSSR count). The molecule has 1 aliphatic heterocycles. The van der Waals surface area contributed by atoms with Crippen LogP contribution >= 0.6 is 0 Å². The van der Waals surface area contributed by atoms with Crippen molar-refractivity contribution in [2.45, 2.75) is 18.9 Å². The van der Waals surface area contributed by atoms with E-state index in [0.717, 1.165) is 17.6 Å². The summed E-state index contributed by atoms with van der Waals surface area (Å²) in [5.74, 6) is 0.715. The molecule has 23 heavy (non-hydrogen) atoms. The van der Waals surface area contributed by atoms with Crippen molar-refractivity contribution in [1.82, 2.24) is 9.62 Å². The largest absolute Gasteiger partial charge is 0.497 e. The molecule has 0 saturated carbocycles. The minimum absolute atomic E-state index is 0.0568. The van der Waals surface area contributed by atoms with E-state index in [0.29, 0.717) is 25.9 Å². The van der Waals surface area contributed by atoms with Gasteiger partial charge in [0.25, 0.3) is 0 Å². The normalized spacial score (nSPS) is 16.7. The summed E-state index contributed by atoms with van der Waals surface area (Å²) in [5, 5.41) is 0. The van der Waals surface area contributed by atoms with Crippen LogP contribution in [0.5, 0.6) is 5.75 Å². The van der Waals surface area contributed by atoms with Gasteiger partial charge in [-0.3, -0.25) is 4.79 Å². The van der Waals surface area contributed by atoms with E-state index >= 15 is 0 Å². The molecule has 1 heterocycles. The Hall–Kier alpha value is -1.86. The summed E-state index contributed by atoms with van der Waals surface area (Å²) in [6.07, 6.45) is 5.74. The summed E-state index contributed by atoms with van der Waals surface area (Å²) in [7, 11) is -1.58. The zero-order valence-electron chi connectivity index (χ0n) is 13.4. The van der Waals surface area contributed by atoms with Crippen molar-refractivity contribution in [1.29, 1.82) is 0 Å². The van der Waals surface area contributed by atoms with Gasteiger partial charge in [0.1, 0.15) is 5.75 Å². The average Bonchev–Trinajstić information content (AvgIpc) is 2.52. The van der Waals surface area contributed by atoms with Gasteiger partial charge in [-0.15, -0.1) is 0 Å². The first-order valence-electron chi connectivity index (χ1n) is 7.46. The molecule has 0 bridgehead atoms. The second-order valence-corrected chi connectivity index (χ2v) is 7.38. The highest BCUT2D eigenvalue weighted by Crippen LogP contribution is 2.14. The summed E-state index contributed by atoms with van der Waals surface area (Å²) in [5.41, 5.74) is 0.924. The van der Waals surface area contributed by atoms with Crippen LogP contribution in [0.1, 0.15) is 18.4 Å². The molecule has 126 valence electrons. The van der Waals surface area contributed by atoms with E-state index in [1.807, 2.05) is 24.3 Å². The maximum atomic E-state index is 12.2. The number of hydrogen-bond donors (Lipinski definition) is 1. The molecule has 0 atom stereocenters. The van der Waals surface area contributed by atoms with Gasteiger partial charge in [0, 0.05) is 25.2 Å². The van der Waals surface area contributed by atoms with Crippen molar-refractivity contribution >= 4 is 22.0 Å². The van der Waals surface area contributed by atoms with Crippen molar-refractivity contribution < 1.29 is 17.9 Å². The second kappa shape index (κ2) is 7.61. The Bertz CT molecular complexity index is 660. The molecule has 6 nitrogen and oxygen atoms in total. The molecule has 0 unspecified atom stereocenters. The number of methoxy groups -OCH3 is 1. The molecule has 0 radical (unpaired) electrons. The molecule has 1 saturated heterocycles. The van der Waals surface area contributed by atoms with E-state index in [1.165, 1.54) is 0 Å². The van der Waals surface area contributed by atoms with Crippen molar-refractivity contribution in [2.75, 3.05) is 26.5 Å². The molecule has 1 fully saturated rings. The zero-order valence-corrected chi connectivity index (χ0v) is 14.2. The zero-order chi connectivity index (χ0) is 16.9. The molecule has 0 aromatic heterocycles. The van der Waals surface area contributed by atoms with Crippen molar-refractivity contribution in [3.63, 3.8) is 0 Å². The van der Waals surface area contributed by atoms with E-state index in [9.17, 15) is 13.2 Å². The third-order valence-corrected chi connectivity index (χ3v) is 4.48. The Morgan fingerprint density at radius 3 is 2.39 bits per heavy atom. The lowest BCUT2D eigenvalue weighted by Crippen LogP contribution is -2.45. The van der Waals surface area contributed by atoms with Crippen LogP contribution in [-0.2, 0) is 14.8 Å². The third-order valence-electron chi connectivity index (χ3n) is 3.72. The topological polar surface area (TPSA) is 75.7 Å². The first-order chi connectivity index (χ1) is 10.9. The lowest BCUT2D eigenvalue weighted by atomic mass is 10.1. The van der Waals surface area contributed by atoms with E-state index in [1.54, 1.807) is 24.2 Å². The van der Waals surface area contributed by atoms with Gasteiger partial charge in [0.15, 0.2) is 0 Å². The fourth-order valence-corrected chi connectivity index (χ4v) is 3.35. The van der Waals surface area contributed by atoms with Gasteiger partial charge in [-0.05, 0) is 36.6 Å². The Morgan fingerprint density at radius 1 is 1.26 bits per heavy atom. The first-order valence-corrected chi connectivity index (χ1v) is 9.35. The summed E-state index contributed by atoms with van der Waals surface area (Å²) in [6.45, 7) is 1.11. The number of amides is 1. The van der Waals surface area contributed by atoms with Gasteiger partial charge < -0.3 is 9.64 Å². The second-order valence-electron chi connectivity index (χ2n) is 5.60. The van der Waals surface area contributed by atoms with Crippen LogP contribution in [0.4, 0.5) is 0 Å². The smallest absolute Gasteiger partial charge is 0.246 e. The summed E-state index contributed by atoms with van der Waals surface area (Å²) in [6, 6.07) is 7.36. The molecule has 0 spiro atoms. The quantitative estimate of drug-likeness (QED) is 0.820. The van der Waals surface area contributed by atoms with E-state index in [2.05, 4.69) is 4.72 Å². The fourth-order valence-electron chi connectivity index (χ4n) is 2.51. The van der Waals surface area contributed by atoms with Crippen LogP contribution in [0.25, 0.3) is 6.08 Å². The first kappa shape index (κ1) is 17.5. The number of likely N-dealkylation sites (tertiary alicyclic amines) is 1. The van der Waals surface area contributed by atoms with Crippen LogP contribution in [-0.4, -0.2) is 51.7 Å². The van der Waals surface area contributed by atoms with E-state index in [-0.39, 0.29) is 11.9 Å². The number of rotatable bonds is 5. The van der Waals surface area contributed by atoms with Gasteiger partial charge in [-0.25, -0.2) is 13.1 Å². The SMILES string of the molecule is COc1ccc(/C=C/C(=O)N2CCC(NS(C)(=O)=O)CC2)cc1. The van der Waals surface area contributed by atoms with E-state index < -0.39 is 10.0 Å². The highest BCUT2D eigenvalue weighted by Gasteiger charge is 2.23. The number of benzene rings is 1. The van der Waals surface area contributed by atoms with Gasteiger partial charge in [0.05, 0.1) is 13.4 Å². The Morgan fingerprint density at radius 2 is 1.87 bits per heavy atom. The molecule has 1 amide bonds. The van der Waals surface area contributed by atoms with Crippen LogP contribution in [0.2, 0.25) is 0 Å². The van der Waals surface area contributed by atoms with E-state index in [4.69, 9.17) is 4.74 Å². The monoisotopic (exact) mass is 338 g/mol. The number of carbonyl (C=O) groups excluding carboxylic acids is 1. The Balaban J connectivity index is 1.85. The molecule has 1 N–H and O–H groups in total. The Labute approximate surface area is 137 Å². The molecule has 1 aromatic rings. The van der Waals surface area contributed by atoms with Crippen LogP contribution < -0.4 is 9.46 Å². The van der Waals surface area contributed by atoms with Gasteiger partial charge >= 0.3 is 0 Å². The van der Waals surface area contributed by atoms with Crippen LogP contribution in [0, 0.1) is 0 Å². The fraction of sp³-hybridized carbons (Fsp3) is 0.438. The number of sulfonamides is 1. The molecular formula is C16H22N2O4S. The van der Waals surface area contributed by atoms with Gasteiger partial charge in [0.2, 0.25) is 15.9 Å². The van der Waals surface area contributed by atoms with Crippen molar-refractivity contribution in [2.24, 2.45) is 0 Å². The number of carbonyl (C=O) groups is 1. The predicted octanol–water partition coefficient (Wildman–Crippen LogP) is 1.25. The molecule has 7 heteroatoms. The van der Waals surface area contributed by atoms with Gasteiger partial charge in [-0.1, -0.05) is 12.1 Å². The highest BCUT2D eigenvalue weighted by atomic mass is 32.2. The molecule has 0 aliphatic carbocycles.